The molecule has 0 spiro atoms. The predicted molar refractivity (Wildman–Crippen MR) is 73.8 cm³/mol. The van der Waals surface area contributed by atoms with Gasteiger partial charge in [0.1, 0.15) is 16.0 Å². The molecule has 6 nitrogen and oxygen atoms in total. The maximum Gasteiger partial charge on any atom is 0.303 e. The topological polar surface area (TPSA) is 88.5 Å². The molecule has 2 rings (SSSR count). The molecule has 20 heavy (non-hydrogen) atoms. The highest BCUT2D eigenvalue weighted by Crippen LogP contribution is 2.31. The third-order valence-corrected chi connectivity index (χ3v) is 4.17. The third kappa shape index (κ3) is 4.01. The second kappa shape index (κ2) is 6.81. The molecule has 0 saturated carbocycles. The lowest BCUT2D eigenvalue weighted by Gasteiger charge is -2.09. The molecule has 7 heteroatoms. The highest BCUT2D eigenvalue weighted by atomic mass is 32.1. The minimum Gasteiger partial charge on any atom is -0.481 e. The number of carboxylic acids is 1. The number of aromatic nitrogens is 1. The van der Waals surface area contributed by atoms with Crippen molar-refractivity contribution in [1.29, 1.82) is 0 Å². The van der Waals surface area contributed by atoms with E-state index in [-0.39, 0.29) is 24.3 Å². The van der Waals surface area contributed by atoms with Crippen LogP contribution in [0.5, 0.6) is 0 Å². The number of carboxylic acid groups (broad SMARTS) is 1. The van der Waals surface area contributed by atoms with Gasteiger partial charge in [0.05, 0.1) is 6.20 Å². The number of carbonyl (C=O) groups is 2. The van der Waals surface area contributed by atoms with E-state index >= 15 is 0 Å². The van der Waals surface area contributed by atoms with E-state index in [9.17, 15) is 9.59 Å². The molecule has 1 aromatic rings. The highest BCUT2D eigenvalue weighted by molar-refractivity contribution is 7.13. The summed E-state index contributed by atoms with van der Waals surface area (Å²) in [5.74, 6) is -1.16. The van der Waals surface area contributed by atoms with Crippen LogP contribution in [0.1, 0.15) is 47.0 Å². The van der Waals surface area contributed by atoms with Crippen LogP contribution in [-0.4, -0.2) is 35.1 Å². The first-order valence-electron chi connectivity index (χ1n) is 6.63. The van der Waals surface area contributed by atoms with Crippen LogP contribution >= 0.6 is 11.3 Å². The zero-order valence-corrected chi connectivity index (χ0v) is 12.1. The van der Waals surface area contributed by atoms with Gasteiger partial charge in [-0.15, -0.1) is 11.3 Å². The first-order valence-corrected chi connectivity index (χ1v) is 7.45. The molecular formula is C13H18N2O4S. The Bertz CT molecular complexity index is 482. The van der Waals surface area contributed by atoms with Crippen LogP contribution < -0.4 is 5.32 Å². The van der Waals surface area contributed by atoms with Gasteiger partial charge in [0, 0.05) is 19.6 Å². The molecule has 2 unspecified atom stereocenters. The van der Waals surface area contributed by atoms with Gasteiger partial charge in [-0.05, 0) is 18.8 Å². The predicted octanol–water partition coefficient (Wildman–Crippen LogP) is 1.84. The third-order valence-electron chi connectivity index (χ3n) is 3.09. The molecule has 1 amide bonds. The molecule has 110 valence electrons. The number of hydrogen-bond donors (Lipinski definition) is 2. The fraction of sp³-hybridized carbons (Fsp3) is 0.615. The summed E-state index contributed by atoms with van der Waals surface area (Å²) >= 11 is 1.34. The molecule has 0 radical (unpaired) electrons. The average Bonchev–Trinajstić information content (AvgIpc) is 3.04. The lowest BCUT2D eigenvalue weighted by Crippen LogP contribution is -2.28. The standard InChI is InChI=1S/C13H18N2O4S/c1-8(5-11(16)17)6-14-12(18)10-7-15-13(20-10)9-3-2-4-19-9/h7-9H,2-6H2,1H3,(H,14,18)(H,16,17). The summed E-state index contributed by atoms with van der Waals surface area (Å²) in [6, 6.07) is 0. The number of thiazole rings is 1. The van der Waals surface area contributed by atoms with Crippen molar-refractivity contribution in [2.24, 2.45) is 5.92 Å². The Morgan fingerprint density at radius 2 is 2.45 bits per heavy atom. The van der Waals surface area contributed by atoms with Gasteiger partial charge in [0.15, 0.2) is 0 Å². The monoisotopic (exact) mass is 298 g/mol. The Kier molecular flexibility index (Phi) is 5.08. The van der Waals surface area contributed by atoms with Crippen molar-refractivity contribution in [3.05, 3.63) is 16.1 Å². The molecule has 0 aromatic carbocycles. The van der Waals surface area contributed by atoms with Crippen molar-refractivity contribution in [3.63, 3.8) is 0 Å². The summed E-state index contributed by atoms with van der Waals surface area (Å²) in [5.41, 5.74) is 0. The van der Waals surface area contributed by atoms with Gasteiger partial charge in [0.25, 0.3) is 5.91 Å². The smallest absolute Gasteiger partial charge is 0.303 e. The maximum absolute atomic E-state index is 11.9. The summed E-state index contributed by atoms with van der Waals surface area (Å²) in [5, 5.41) is 12.2. The zero-order chi connectivity index (χ0) is 14.5. The number of hydrogen-bond acceptors (Lipinski definition) is 5. The van der Waals surface area contributed by atoms with Crippen molar-refractivity contribution >= 4 is 23.2 Å². The molecule has 1 saturated heterocycles. The Labute approximate surface area is 121 Å². The number of ether oxygens (including phenoxy) is 1. The molecule has 1 aliphatic rings. The summed E-state index contributed by atoms with van der Waals surface area (Å²) in [4.78, 5) is 27.2. The number of carbonyl (C=O) groups excluding carboxylic acids is 1. The van der Waals surface area contributed by atoms with Crippen LogP contribution in [0.3, 0.4) is 0 Å². The fourth-order valence-electron chi connectivity index (χ4n) is 2.04. The number of aliphatic carboxylic acids is 1. The largest absolute Gasteiger partial charge is 0.481 e. The fourth-order valence-corrected chi connectivity index (χ4v) is 2.96. The van der Waals surface area contributed by atoms with E-state index in [4.69, 9.17) is 9.84 Å². The molecule has 0 aliphatic carbocycles. The van der Waals surface area contributed by atoms with E-state index in [2.05, 4.69) is 10.3 Å². The Hall–Kier alpha value is -1.47. The molecule has 1 fully saturated rings. The Morgan fingerprint density at radius 3 is 3.10 bits per heavy atom. The highest BCUT2D eigenvalue weighted by Gasteiger charge is 2.22. The van der Waals surface area contributed by atoms with E-state index in [0.29, 0.717) is 11.4 Å². The zero-order valence-electron chi connectivity index (χ0n) is 11.3. The van der Waals surface area contributed by atoms with Crippen molar-refractivity contribution in [2.45, 2.75) is 32.3 Å². The van der Waals surface area contributed by atoms with Crippen LogP contribution in [0.25, 0.3) is 0 Å². The Morgan fingerprint density at radius 1 is 1.65 bits per heavy atom. The number of amides is 1. The summed E-state index contributed by atoms with van der Waals surface area (Å²) in [6.45, 7) is 2.88. The van der Waals surface area contributed by atoms with Gasteiger partial charge in [-0.3, -0.25) is 9.59 Å². The van der Waals surface area contributed by atoms with Crippen molar-refractivity contribution in [3.8, 4) is 0 Å². The van der Waals surface area contributed by atoms with Crippen LogP contribution in [0.4, 0.5) is 0 Å². The maximum atomic E-state index is 11.9. The molecule has 1 aliphatic heterocycles. The van der Waals surface area contributed by atoms with Gasteiger partial charge in [-0.1, -0.05) is 6.92 Å². The van der Waals surface area contributed by atoms with Crippen LogP contribution in [0.2, 0.25) is 0 Å². The number of rotatable bonds is 6. The van der Waals surface area contributed by atoms with Crippen molar-refractivity contribution in [1.82, 2.24) is 10.3 Å². The van der Waals surface area contributed by atoms with E-state index in [1.807, 2.05) is 0 Å². The van der Waals surface area contributed by atoms with E-state index < -0.39 is 5.97 Å². The van der Waals surface area contributed by atoms with E-state index in [0.717, 1.165) is 24.5 Å². The van der Waals surface area contributed by atoms with Crippen molar-refractivity contribution in [2.75, 3.05) is 13.2 Å². The molecule has 1 aromatic heterocycles. The summed E-state index contributed by atoms with van der Waals surface area (Å²) in [6.07, 6.45) is 3.60. The minimum absolute atomic E-state index is 0.0208. The summed E-state index contributed by atoms with van der Waals surface area (Å²) in [7, 11) is 0. The molecule has 2 N–H and O–H groups in total. The van der Waals surface area contributed by atoms with Gasteiger partial charge in [-0.25, -0.2) is 4.98 Å². The SMILES string of the molecule is CC(CNC(=O)c1cnc(C2CCCO2)s1)CC(=O)O. The van der Waals surface area contributed by atoms with E-state index in [1.165, 1.54) is 11.3 Å². The number of nitrogens with zero attached hydrogens (tertiary/aromatic N) is 1. The van der Waals surface area contributed by atoms with Gasteiger partial charge >= 0.3 is 5.97 Å². The minimum atomic E-state index is -0.856. The average molecular weight is 298 g/mol. The molecule has 0 bridgehead atoms. The van der Waals surface area contributed by atoms with Gasteiger partial charge in [0.2, 0.25) is 0 Å². The first kappa shape index (κ1) is 14.9. The van der Waals surface area contributed by atoms with Crippen molar-refractivity contribution < 1.29 is 19.4 Å². The van der Waals surface area contributed by atoms with Crippen LogP contribution in [-0.2, 0) is 9.53 Å². The quantitative estimate of drug-likeness (QED) is 0.836. The van der Waals surface area contributed by atoms with Gasteiger partial charge in [-0.2, -0.15) is 0 Å². The summed E-state index contributed by atoms with van der Waals surface area (Å²) < 4.78 is 5.52. The molecule has 2 heterocycles. The van der Waals surface area contributed by atoms with Gasteiger partial charge < -0.3 is 15.2 Å². The lowest BCUT2D eigenvalue weighted by molar-refractivity contribution is -0.137. The normalized spacial score (nSPS) is 19.8. The molecule has 2 atom stereocenters. The Balaban J connectivity index is 1.84. The second-order valence-electron chi connectivity index (χ2n) is 4.98. The van der Waals surface area contributed by atoms with Crippen LogP contribution in [0, 0.1) is 5.92 Å². The second-order valence-corrected chi connectivity index (χ2v) is 6.04. The molecular weight excluding hydrogens is 280 g/mol. The lowest BCUT2D eigenvalue weighted by atomic mass is 10.1. The van der Waals surface area contributed by atoms with Crippen LogP contribution in [0.15, 0.2) is 6.20 Å². The first-order chi connectivity index (χ1) is 9.56. The van der Waals surface area contributed by atoms with E-state index in [1.54, 1.807) is 13.1 Å². The number of nitrogens with one attached hydrogen (secondary N) is 1.